The van der Waals surface area contributed by atoms with Gasteiger partial charge >= 0.3 is 5.97 Å². The van der Waals surface area contributed by atoms with Crippen molar-refractivity contribution in [1.29, 1.82) is 0 Å². The molecule has 2 N–H and O–H groups in total. The molecule has 1 aliphatic rings. The lowest BCUT2D eigenvalue weighted by Crippen LogP contribution is -2.47. The molecule has 0 aromatic heterocycles. The fourth-order valence-corrected chi connectivity index (χ4v) is 3.70. The monoisotopic (exact) mass is 433 g/mol. The zero-order valence-corrected chi connectivity index (χ0v) is 19.1. The first-order valence-corrected chi connectivity index (χ1v) is 10.5. The predicted molar refractivity (Wildman–Crippen MR) is 121 cm³/mol. The minimum absolute atomic E-state index is 0.0218. The van der Waals surface area contributed by atoms with Crippen molar-refractivity contribution in [2.75, 3.05) is 32.2 Å². The molecule has 1 aromatic carbocycles. The third kappa shape index (κ3) is 6.03. The lowest BCUT2D eigenvalue weighted by atomic mass is 9.95. The van der Waals surface area contributed by atoms with Crippen molar-refractivity contribution in [3.63, 3.8) is 0 Å². The third-order valence-corrected chi connectivity index (χ3v) is 5.11. The smallest absolute Gasteiger partial charge is 0.338 e. The first-order valence-electron chi connectivity index (χ1n) is 10.1. The number of esters is 1. The maximum atomic E-state index is 12.8. The molecule has 1 aliphatic heterocycles. The SMILES string of the molecule is CCN1C(=S)NC(c2ccc(NC(=O)CC(C)C)cc2)C(C(=O)OCCOC)=C1C. The van der Waals surface area contributed by atoms with Crippen molar-refractivity contribution >= 4 is 34.9 Å². The van der Waals surface area contributed by atoms with Gasteiger partial charge in [0, 0.05) is 31.5 Å². The van der Waals surface area contributed by atoms with Crippen molar-refractivity contribution in [3.8, 4) is 0 Å². The van der Waals surface area contributed by atoms with Crippen LogP contribution in [0.3, 0.4) is 0 Å². The van der Waals surface area contributed by atoms with Gasteiger partial charge in [0.05, 0.1) is 18.2 Å². The van der Waals surface area contributed by atoms with Crippen LogP contribution in [-0.2, 0) is 19.1 Å². The molecule has 0 saturated carbocycles. The Bertz CT molecular complexity index is 805. The minimum atomic E-state index is -0.434. The van der Waals surface area contributed by atoms with Crippen LogP contribution in [0, 0.1) is 5.92 Å². The highest BCUT2D eigenvalue weighted by Gasteiger charge is 2.34. The average Bonchev–Trinajstić information content (AvgIpc) is 2.68. The highest BCUT2D eigenvalue weighted by molar-refractivity contribution is 7.80. The number of anilines is 1. The van der Waals surface area contributed by atoms with Gasteiger partial charge in [-0.15, -0.1) is 0 Å². The lowest BCUT2D eigenvalue weighted by molar-refractivity contribution is -0.140. The Morgan fingerprint density at radius 3 is 2.47 bits per heavy atom. The minimum Gasteiger partial charge on any atom is -0.460 e. The Hall–Kier alpha value is -2.45. The van der Waals surface area contributed by atoms with Crippen molar-refractivity contribution in [3.05, 3.63) is 41.1 Å². The quantitative estimate of drug-likeness (QED) is 0.351. The number of hydrogen-bond donors (Lipinski definition) is 2. The van der Waals surface area contributed by atoms with Crippen LogP contribution in [0.2, 0.25) is 0 Å². The van der Waals surface area contributed by atoms with E-state index in [1.807, 2.05) is 56.9 Å². The topological polar surface area (TPSA) is 79.9 Å². The van der Waals surface area contributed by atoms with Crippen LogP contribution in [0.25, 0.3) is 0 Å². The molecule has 1 heterocycles. The fourth-order valence-electron chi connectivity index (χ4n) is 3.31. The van der Waals surface area contributed by atoms with Gasteiger partial charge in [-0.05, 0) is 49.7 Å². The largest absolute Gasteiger partial charge is 0.460 e. The van der Waals surface area contributed by atoms with Gasteiger partial charge in [0.25, 0.3) is 0 Å². The van der Waals surface area contributed by atoms with Crippen LogP contribution in [0.1, 0.15) is 45.7 Å². The lowest BCUT2D eigenvalue weighted by Gasteiger charge is -2.37. The van der Waals surface area contributed by atoms with E-state index in [1.54, 1.807) is 7.11 Å². The van der Waals surface area contributed by atoms with Crippen LogP contribution in [0.5, 0.6) is 0 Å². The number of hydrogen-bond acceptors (Lipinski definition) is 5. The number of methoxy groups -OCH3 is 1. The van der Waals surface area contributed by atoms with Gasteiger partial charge < -0.3 is 25.0 Å². The summed E-state index contributed by atoms with van der Waals surface area (Å²) in [5.41, 5.74) is 2.84. The number of carbonyl (C=O) groups excluding carboxylic acids is 2. The second-order valence-corrected chi connectivity index (χ2v) is 7.91. The van der Waals surface area contributed by atoms with E-state index in [4.69, 9.17) is 21.7 Å². The van der Waals surface area contributed by atoms with E-state index in [0.29, 0.717) is 35.9 Å². The fraction of sp³-hybridized carbons (Fsp3) is 0.500. The molecule has 1 atom stereocenters. The molecule has 2 rings (SSSR count). The van der Waals surface area contributed by atoms with Crippen LogP contribution in [0.4, 0.5) is 5.69 Å². The summed E-state index contributed by atoms with van der Waals surface area (Å²) in [7, 11) is 1.56. The molecule has 164 valence electrons. The number of nitrogens with one attached hydrogen (secondary N) is 2. The number of carbonyl (C=O) groups is 2. The van der Waals surface area contributed by atoms with Crippen LogP contribution < -0.4 is 10.6 Å². The van der Waals surface area contributed by atoms with Gasteiger partial charge in [-0.2, -0.15) is 0 Å². The summed E-state index contributed by atoms with van der Waals surface area (Å²) < 4.78 is 10.4. The summed E-state index contributed by atoms with van der Waals surface area (Å²) in [6.07, 6.45) is 0.465. The van der Waals surface area contributed by atoms with E-state index in [2.05, 4.69) is 10.6 Å². The predicted octanol–water partition coefficient (Wildman–Crippen LogP) is 3.39. The maximum absolute atomic E-state index is 12.8. The summed E-state index contributed by atoms with van der Waals surface area (Å²) in [6, 6.07) is 6.97. The van der Waals surface area contributed by atoms with Gasteiger partial charge in [0.1, 0.15) is 6.61 Å². The summed E-state index contributed by atoms with van der Waals surface area (Å²) in [5, 5.41) is 6.70. The van der Waals surface area contributed by atoms with E-state index in [0.717, 1.165) is 11.3 Å². The van der Waals surface area contributed by atoms with Crippen molar-refractivity contribution in [2.45, 2.75) is 40.2 Å². The number of allylic oxidation sites excluding steroid dienone is 1. The molecule has 1 unspecified atom stereocenters. The van der Waals surface area contributed by atoms with Crippen molar-refractivity contribution < 1.29 is 19.1 Å². The molecule has 1 aromatic rings. The van der Waals surface area contributed by atoms with Crippen molar-refractivity contribution in [2.24, 2.45) is 5.92 Å². The van der Waals surface area contributed by atoms with Gasteiger partial charge in [0.2, 0.25) is 5.91 Å². The van der Waals surface area contributed by atoms with Gasteiger partial charge in [-0.3, -0.25) is 4.79 Å². The van der Waals surface area contributed by atoms with E-state index in [1.165, 1.54) is 0 Å². The Balaban J connectivity index is 2.28. The summed E-state index contributed by atoms with van der Waals surface area (Å²) in [4.78, 5) is 26.7. The number of rotatable bonds is 9. The Labute approximate surface area is 183 Å². The first kappa shape index (κ1) is 23.8. The molecule has 0 fully saturated rings. The van der Waals surface area contributed by atoms with Crippen LogP contribution in [0.15, 0.2) is 35.5 Å². The first-order chi connectivity index (χ1) is 14.3. The van der Waals surface area contributed by atoms with E-state index in [9.17, 15) is 9.59 Å². The molecular formula is C22H31N3O4S. The molecule has 7 nitrogen and oxygen atoms in total. The molecule has 1 amide bonds. The number of amides is 1. The average molecular weight is 434 g/mol. The maximum Gasteiger partial charge on any atom is 0.338 e. The zero-order chi connectivity index (χ0) is 22.3. The van der Waals surface area contributed by atoms with Gasteiger partial charge in [-0.1, -0.05) is 26.0 Å². The molecular weight excluding hydrogens is 402 g/mol. The molecule has 0 saturated heterocycles. The van der Waals surface area contributed by atoms with Gasteiger partial charge in [-0.25, -0.2) is 4.79 Å². The van der Waals surface area contributed by atoms with Crippen LogP contribution >= 0.6 is 12.2 Å². The molecule has 0 spiro atoms. The highest BCUT2D eigenvalue weighted by atomic mass is 32.1. The second kappa shape index (κ2) is 11.1. The second-order valence-electron chi connectivity index (χ2n) is 7.52. The standard InChI is InChI=1S/C22H31N3O4S/c1-6-25-15(4)19(21(27)29-12-11-28-5)20(24-22(25)30)16-7-9-17(10-8-16)23-18(26)13-14(2)3/h7-10,14,20H,6,11-13H2,1-5H3,(H,23,26)(H,24,30). The Morgan fingerprint density at radius 2 is 1.90 bits per heavy atom. The van der Waals surface area contributed by atoms with Crippen molar-refractivity contribution in [1.82, 2.24) is 10.2 Å². The van der Waals surface area contributed by atoms with E-state index < -0.39 is 12.0 Å². The number of benzene rings is 1. The Kier molecular flexibility index (Phi) is 8.80. The summed E-state index contributed by atoms with van der Waals surface area (Å²) >= 11 is 5.50. The molecule has 8 heteroatoms. The van der Waals surface area contributed by atoms with Crippen LogP contribution in [-0.4, -0.2) is 48.8 Å². The highest BCUT2D eigenvalue weighted by Crippen LogP contribution is 2.32. The normalized spacial score (nSPS) is 16.5. The van der Waals surface area contributed by atoms with Gasteiger partial charge in [0.15, 0.2) is 5.11 Å². The summed E-state index contributed by atoms with van der Waals surface area (Å²) in [6.45, 7) is 8.99. The van der Waals surface area contributed by atoms with E-state index >= 15 is 0 Å². The van der Waals surface area contributed by atoms with E-state index in [-0.39, 0.29) is 18.4 Å². The summed E-state index contributed by atoms with van der Waals surface area (Å²) in [5.74, 6) is -0.137. The molecule has 0 aliphatic carbocycles. The zero-order valence-electron chi connectivity index (χ0n) is 18.3. The number of thiocarbonyl (C=S) groups is 1. The molecule has 30 heavy (non-hydrogen) atoms. The third-order valence-electron chi connectivity index (χ3n) is 4.77. The molecule has 0 bridgehead atoms. The number of nitrogens with zero attached hydrogens (tertiary/aromatic N) is 1. The Morgan fingerprint density at radius 1 is 1.23 bits per heavy atom. The number of ether oxygens (including phenoxy) is 2. The molecule has 0 radical (unpaired) electrons.